The van der Waals surface area contributed by atoms with Crippen LogP contribution < -0.4 is 15.2 Å². The molecule has 2 aromatic carbocycles. The number of rotatable bonds is 7. The molecule has 0 saturated heterocycles. The molecule has 1 unspecified atom stereocenters. The number of nitrogens with two attached hydrogens (primary N) is 1. The zero-order valence-corrected chi connectivity index (χ0v) is 21.4. The Balaban J connectivity index is 1.47. The van der Waals surface area contributed by atoms with Crippen LogP contribution in [0, 0.1) is 5.82 Å². The third-order valence-electron chi connectivity index (χ3n) is 5.32. The number of fused-ring (bicyclic) bond motifs is 1. The first-order chi connectivity index (χ1) is 16.9. The van der Waals surface area contributed by atoms with E-state index in [4.69, 9.17) is 38.1 Å². The highest BCUT2D eigenvalue weighted by atomic mass is 35.5. The van der Waals surface area contributed by atoms with Gasteiger partial charge >= 0.3 is 0 Å². The normalized spacial score (nSPS) is 12.1. The van der Waals surface area contributed by atoms with Gasteiger partial charge in [0.25, 0.3) is 0 Å². The van der Waals surface area contributed by atoms with Crippen molar-refractivity contribution in [3.8, 4) is 16.9 Å². The largest absolute Gasteiger partial charge is 0.478 e. The second kappa shape index (κ2) is 9.99. The van der Waals surface area contributed by atoms with E-state index in [2.05, 4.69) is 15.8 Å². The fraction of sp³-hybridized carbons (Fsp3) is 0.0800. The minimum Gasteiger partial charge on any atom is -0.478 e. The Labute approximate surface area is 219 Å². The number of benzene rings is 2. The van der Waals surface area contributed by atoms with Gasteiger partial charge in [0.2, 0.25) is 5.75 Å². The van der Waals surface area contributed by atoms with Gasteiger partial charge < -0.3 is 19.6 Å². The van der Waals surface area contributed by atoms with Crippen LogP contribution >= 0.6 is 46.5 Å². The molecule has 3 N–H and O–H groups in total. The van der Waals surface area contributed by atoms with Crippen LogP contribution in [0.15, 0.2) is 75.0 Å². The molecule has 0 aliphatic rings. The van der Waals surface area contributed by atoms with Gasteiger partial charge in [-0.15, -0.1) is 11.3 Å². The summed E-state index contributed by atoms with van der Waals surface area (Å²) < 4.78 is 30.5. The Kier molecular flexibility index (Phi) is 6.80. The molecule has 10 heteroatoms. The molecule has 5 aromatic rings. The summed E-state index contributed by atoms with van der Waals surface area (Å²) >= 11 is 15.6. The van der Waals surface area contributed by atoms with E-state index in [0.29, 0.717) is 11.1 Å². The SMILES string of the molecule is CC(Oc1c(N)ncc2c(-c3cccc(NSc4cccs4)c3)coc12)c1c(Cl)ccc(F)c1Cl. The Morgan fingerprint density at radius 3 is 2.86 bits per heavy atom. The zero-order chi connectivity index (χ0) is 24.5. The van der Waals surface area contributed by atoms with E-state index in [1.165, 1.54) is 16.3 Å². The summed E-state index contributed by atoms with van der Waals surface area (Å²) in [6.07, 6.45) is 2.57. The van der Waals surface area contributed by atoms with Crippen LogP contribution in [0.5, 0.6) is 5.75 Å². The number of pyridine rings is 1. The van der Waals surface area contributed by atoms with E-state index in [1.54, 1.807) is 42.7 Å². The minimum absolute atomic E-state index is 0.103. The van der Waals surface area contributed by atoms with Crippen LogP contribution in [-0.4, -0.2) is 4.98 Å². The number of halogens is 3. The molecule has 0 aliphatic heterocycles. The number of ether oxygens (including phenoxy) is 1. The molecule has 1 atom stereocenters. The quantitative estimate of drug-likeness (QED) is 0.157. The molecule has 35 heavy (non-hydrogen) atoms. The lowest BCUT2D eigenvalue weighted by atomic mass is 10.1. The zero-order valence-electron chi connectivity index (χ0n) is 18.2. The average Bonchev–Trinajstić information content (AvgIpc) is 3.52. The van der Waals surface area contributed by atoms with Crippen molar-refractivity contribution in [2.24, 2.45) is 0 Å². The topological polar surface area (TPSA) is 73.3 Å². The summed E-state index contributed by atoms with van der Waals surface area (Å²) in [7, 11) is 0. The number of nitrogen functional groups attached to an aromatic ring is 1. The number of nitrogens with one attached hydrogen (secondary N) is 1. The predicted molar refractivity (Wildman–Crippen MR) is 143 cm³/mol. The van der Waals surface area contributed by atoms with Gasteiger partial charge in [0.1, 0.15) is 11.9 Å². The van der Waals surface area contributed by atoms with Gasteiger partial charge in [-0.3, -0.25) is 0 Å². The van der Waals surface area contributed by atoms with Gasteiger partial charge in [0.15, 0.2) is 11.4 Å². The molecule has 0 amide bonds. The second-order valence-corrected chi connectivity index (χ2v) is 10.4. The number of aromatic nitrogens is 1. The molecule has 0 radical (unpaired) electrons. The summed E-state index contributed by atoms with van der Waals surface area (Å²) in [6.45, 7) is 1.70. The summed E-state index contributed by atoms with van der Waals surface area (Å²) in [5.41, 5.74) is 9.58. The van der Waals surface area contributed by atoms with E-state index in [9.17, 15) is 4.39 Å². The van der Waals surface area contributed by atoms with E-state index in [0.717, 1.165) is 22.2 Å². The third-order valence-corrected chi connectivity index (χ3v) is 7.91. The molecule has 5 nitrogen and oxygen atoms in total. The van der Waals surface area contributed by atoms with E-state index in [-0.39, 0.29) is 21.6 Å². The minimum atomic E-state index is -0.712. The van der Waals surface area contributed by atoms with Gasteiger partial charge in [0, 0.05) is 28.0 Å². The Hall–Kier alpha value is -2.91. The predicted octanol–water partition coefficient (Wildman–Crippen LogP) is 8.84. The number of nitrogens with zero attached hydrogens (tertiary/aromatic N) is 1. The molecule has 0 spiro atoms. The van der Waals surface area contributed by atoms with Gasteiger partial charge in [-0.1, -0.05) is 41.4 Å². The fourth-order valence-corrected chi connectivity index (χ4v) is 5.75. The summed E-state index contributed by atoms with van der Waals surface area (Å²) in [6, 6.07) is 14.7. The van der Waals surface area contributed by atoms with Gasteiger partial charge in [0.05, 0.1) is 20.9 Å². The molecule has 3 heterocycles. The smallest absolute Gasteiger partial charge is 0.205 e. The molecule has 0 bridgehead atoms. The average molecular weight is 546 g/mol. The molecule has 5 rings (SSSR count). The molecule has 0 saturated carbocycles. The van der Waals surface area contributed by atoms with Crippen LogP contribution in [0.3, 0.4) is 0 Å². The maximum atomic E-state index is 14.0. The lowest BCUT2D eigenvalue weighted by molar-refractivity contribution is 0.227. The Bertz CT molecular complexity index is 1510. The fourth-order valence-electron chi connectivity index (χ4n) is 3.65. The summed E-state index contributed by atoms with van der Waals surface area (Å²) in [4.78, 5) is 4.30. The highest BCUT2D eigenvalue weighted by molar-refractivity contribution is 8.02. The van der Waals surface area contributed by atoms with Gasteiger partial charge in [-0.25, -0.2) is 9.37 Å². The van der Waals surface area contributed by atoms with Gasteiger partial charge in [-0.05, 0) is 60.1 Å². The molecular weight excluding hydrogens is 528 g/mol. The first-order valence-electron chi connectivity index (χ1n) is 10.4. The molecule has 178 valence electrons. The Morgan fingerprint density at radius 2 is 2.06 bits per heavy atom. The first-order valence-corrected chi connectivity index (χ1v) is 12.9. The van der Waals surface area contributed by atoms with Crippen molar-refractivity contribution in [1.29, 1.82) is 0 Å². The lowest BCUT2D eigenvalue weighted by Gasteiger charge is -2.18. The molecule has 0 aliphatic carbocycles. The van der Waals surface area contributed by atoms with Crippen molar-refractivity contribution in [2.75, 3.05) is 10.5 Å². The number of hydrogen-bond acceptors (Lipinski definition) is 7. The van der Waals surface area contributed by atoms with E-state index < -0.39 is 11.9 Å². The molecule has 3 aromatic heterocycles. The molecule has 0 fully saturated rings. The number of anilines is 2. The van der Waals surface area contributed by atoms with Crippen molar-refractivity contribution < 1.29 is 13.5 Å². The van der Waals surface area contributed by atoms with Crippen molar-refractivity contribution in [2.45, 2.75) is 17.2 Å². The van der Waals surface area contributed by atoms with Crippen LogP contribution in [-0.2, 0) is 0 Å². The number of furan rings is 1. The highest BCUT2D eigenvalue weighted by Gasteiger charge is 2.23. The van der Waals surface area contributed by atoms with Crippen molar-refractivity contribution in [1.82, 2.24) is 4.98 Å². The van der Waals surface area contributed by atoms with Gasteiger partial charge in [-0.2, -0.15) is 0 Å². The summed E-state index contributed by atoms with van der Waals surface area (Å²) in [5.74, 6) is -0.214. The van der Waals surface area contributed by atoms with Crippen LogP contribution in [0.4, 0.5) is 15.9 Å². The molecular formula is C25H18Cl2FN3O2S2. The monoisotopic (exact) mass is 545 g/mol. The Morgan fingerprint density at radius 1 is 1.20 bits per heavy atom. The standard InChI is InChI=1S/C25H18Cl2FN3O2S2/c1-13(21-18(26)7-8-19(28)22(21)27)33-24-23-16(11-30-25(24)29)17(12-32-23)14-4-2-5-15(10-14)31-35-20-6-3-9-34-20/h2-13,31H,1H3,(H2,29,30). The van der Waals surface area contributed by atoms with E-state index >= 15 is 0 Å². The van der Waals surface area contributed by atoms with E-state index in [1.807, 2.05) is 35.7 Å². The van der Waals surface area contributed by atoms with Crippen molar-refractivity contribution in [3.63, 3.8) is 0 Å². The number of thiophene rings is 1. The van der Waals surface area contributed by atoms with Crippen LogP contribution in [0.2, 0.25) is 10.0 Å². The maximum absolute atomic E-state index is 14.0. The number of hydrogen-bond donors (Lipinski definition) is 2. The third kappa shape index (κ3) is 4.79. The van der Waals surface area contributed by atoms with Crippen LogP contribution in [0.1, 0.15) is 18.6 Å². The first kappa shape index (κ1) is 23.8. The highest BCUT2D eigenvalue weighted by Crippen LogP contribution is 2.42. The van der Waals surface area contributed by atoms with Crippen LogP contribution in [0.25, 0.3) is 22.1 Å². The maximum Gasteiger partial charge on any atom is 0.205 e. The van der Waals surface area contributed by atoms with Crippen molar-refractivity contribution in [3.05, 3.63) is 87.8 Å². The second-order valence-electron chi connectivity index (χ2n) is 7.60. The lowest BCUT2D eigenvalue weighted by Crippen LogP contribution is -2.08. The summed E-state index contributed by atoms with van der Waals surface area (Å²) in [5, 5.41) is 2.94. The van der Waals surface area contributed by atoms with Crippen molar-refractivity contribution >= 4 is 69.0 Å².